The van der Waals surface area contributed by atoms with Crippen LogP contribution in [0.1, 0.15) is 23.6 Å². The van der Waals surface area contributed by atoms with Crippen molar-refractivity contribution in [2.75, 3.05) is 13.2 Å². The SMILES string of the molecule is CCOC(=O)C(Cc1ccccc1)N(C/C=C/c1ccccc1)Cc1ccccc1. The predicted octanol–water partition coefficient (Wildman–Crippen LogP) is 5.38. The molecule has 0 N–H and O–H groups in total. The second kappa shape index (κ2) is 11.7. The molecule has 0 saturated heterocycles. The highest BCUT2D eigenvalue weighted by atomic mass is 16.5. The molecule has 3 aromatic rings. The highest BCUT2D eigenvalue weighted by Crippen LogP contribution is 2.16. The van der Waals surface area contributed by atoms with Crippen molar-refractivity contribution >= 4 is 12.0 Å². The van der Waals surface area contributed by atoms with E-state index in [1.165, 1.54) is 5.56 Å². The van der Waals surface area contributed by atoms with Gasteiger partial charge in [0.05, 0.1) is 6.61 Å². The summed E-state index contributed by atoms with van der Waals surface area (Å²) in [4.78, 5) is 15.1. The first-order valence-electron chi connectivity index (χ1n) is 10.5. The molecule has 0 heterocycles. The van der Waals surface area contributed by atoms with Gasteiger partial charge in [0, 0.05) is 13.1 Å². The number of ether oxygens (including phenoxy) is 1. The molecule has 0 bridgehead atoms. The third kappa shape index (κ3) is 6.71. The maximum absolute atomic E-state index is 12.9. The number of esters is 1. The summed E-state index contributed by atoms with van der Waals surface area (Å²) in [5.74, 6) is -0.176. The van der Waals surface area contributed by atoms with Crippen LogP contribution in [0.5, 0.6) is 0 Å². The molecule has 0 radical (unpaired) electrons. The van der Waals surface area contributed by atoms with Gasteiger partial charge in [-0.2, -0.15) is 0 Å². The van der Waals surface area contributed by atoms with Crippen LogP contribution in [0.25, 0.3) is 6.08 Å². The molecule has 3 nitrogen and oxygen atoms in total. The lowest BCUT2D eigenvalue weighted by molar-refractivity contribution is -0.149. The lowest BCUT2D eigenvalue weighted by Crippen LogP contribution is -2.43. The highest BCUT2D eigenvalue weighted by molar-refractivity contribution is 5.76. The average Bonchev–Trinajstić information content (AvgIpc) is 2.79. The molecular formula is C27H29NO2. The van der Waals surface area contributed by atoms with Crippen molar-refractivity contribution in [2.45, 2.75) is 25.9 Å². The van der Waals surface area contributed by atoms with Gasteiger partial charge in [0.2, 0.25) is 0 Å². The number of carbonyl (C=O) groups is 1. The maximum atomic E-state index is 12.9. The van der Waals surface area contributed by atoms with E-state index in [9.17, 15) is 4.79 Å². The molecule has 0 aromatic heterocycles. The molecule has 1 unspecified atom stereocenters. The zero-order chi connectivity index (χ0) is 21.0. The van der Waals surface area contributed by atoms with Gasteiger partial charge in [0.25, 0.3) is 0 Å². The standard InChI is InChI=1S/C27H29NO2/c1-2-30-27(29)26(21-24-15-8-4-9-16-24)28(22-25-17-10-5-11-18-25)20-12-19-23-13-6-3-7-14-23/h3-19,26H,2,20-22H2,1H3/b19-12+. The van der Waals surface area contributed by atoms with E-state index in [-0.39, 0.29) is 12.0 Å². The molecule has 0 fully saturated rings. The minimum atomic E-state index is -0.354. The summed E-state index contributed by atoms with van der Waals surface area (Å²) in [5.41, 5.74) is 3.45. The topological polar surface area (TPSA) is 29.5 Å². The summed E-state index contributed by atoms with van der Waals surface area (Å²) in [5, 5.41) is 0. The van der Waals surface area contributed by atoms with Crippen molar-refractivity contribution in [3.05, 3.63) is 114 Å². The number of rotatable bonds is 10. The van der Waals surface area contributed by atoms with Gasteiger partial charge in [-0.25, -0.2) is 0 Å². The van der Waals surface area contributed by atoms with Gasteiger partial charge in [-0.3, -0.25) is 9.69 Å². The molecule has 3 aromatic carbocycles. The van der Waals surface area contributed by atoms with Crippen molar-refractivity contribution in [1.29, 1.82) is 0 Å². The van der Waals surface area contributed by atoms with Crippen molar-refractivity contribution < 1.29 is 9.53 Å². The zero-order valence-electron chi connectivity index (χ0n) is 17.5. The van der Waals surface area contributed by atoms with Crippen LogP contribution in [-0.2, 0) is 22.5 Å². The van der Waals surface area contributed by atoms with Crippen LogP contribution < -0.4 is 0 Å². The van der Waals surface area contributed by atoms with Crippen LogP contribution in [0.3, 0.4) is 0 Å². The Labute approximate surface area is 179 Å². The van der Waals surface area contributed by atoms with Gasteiger partial charge >= 0.3 is 5.97 Å². The lowest BCUT2D eigenvalue weighted by Gasteiger charge is -2.29. The summed E-state index contributed by atoms with van der Waals surface area (Å²) in [6, 6.07) is 30.3. The highest BCUT2D eigenvalue weighted by Gasteiger charge is 2.27. The fourth-order valence-electron chi connectivity index (χ4n) is 3.45. The van der Waals surface area contributed by atoms with Crippen LogP contribution >= 0.6 is 0 Å². The Bertz CT molecular complexity index is 907. The van der Waals surface area contributed by atoms with Gasteiger partial charge < -0.3 is 4.74 Å². The molecule has 3 rings (SSSR count). The number of hydrogen-bond acceptors (Lipinski definition) is 3. The molecular weight excluding hydrogens is 370 g/mol. The van der Waals surface area contributed by atoms with Crippen molar-refractivity contribution in [1.82, 2.24) is 4.90 Å². The van der Waals surface area contributed by atoms with Gasteiger partial charge in [0.1, 0.15) is 6.04 Å². The Morgan fingerprint density at radius 1 is 0.867 bits per heavy atom. The quantitative estimate of drug-likeness (QED) is 0.429. The van der Waals surface area contributed by atoms with E-state index in [1.54, 1.807) is 0 Å². The summed E-state index contributed by atoms with van der Waals surface area (Å²) in [6.45, 7) is 3.56. The Morgan fingerprint density at radius 2 is 1.43 bits per heavy atom. The second-order valence-corrected chi connectivity index (χ2v) is 7.19. The molecule has 0 spiro atoms. The molecule has 0 aliphatic rings. The Balaban J connectivity index is 1.84. The minimum Gasteiger partial charge on any atom is -0.465 e. The normalized spacial score (nSPS) is 12.2. The monoisotopic (exact) mass is 399 g/mol. The van der Waals surface area contributed by atoms with Crippen LogP contribution in [-0.4, -0.2) is 30.1 Å². The van der Waals surface area contributed by atoms with E-state index in [1.807, 2.05) is 61.5 Å². The first kappa shape index (κ1) is 21.5. The van der Waals surface area contributed by atoms with Gasteiger partial charge in [-0.15, -0.1) is 0 Å². The number of nitrogens with zero attached hydrogens (tertiary/aromatic N) is 1. The number of benzene rings is 3. The van der Waals surface area contributed by atoms with E-state index >= 15 is 0 Å². The first-order chi connectivity index (χ1) is 14.8. The van der Waals surface area contributed by atoms with E-state index in [2.05, 4.69) is 53.5 Å². The van der Waals surface area contributed by atoms with Crippen LogP contribution in [0.15, 0.2) is 97.1 Å². The average molecular weight is 400 g/mol. The molecule has 0 amide bonds. The molecule has 1 atom stereocenters. The molecule has 0 saturated carbocycles. The fourth-order valence-corrected chi connectivity index (χ4v) is 3.45. The Kier molecular flexibility index (Phi) is 8.43. The number of hydrogen-bond donors (Lipinski definition) is 0. The summed E-state index contributed by atoms with van der Waals surface area (Å²) < 4.78 is 5.45. The maximum Gasteiger partial charge on any atom is 0.323 e. The molecule has 3 heteroatoms. The van der Waals surface area contributed by atoms with E-state index < -0.39 is 0 Å². The van der Waals surface area contributed by atoms with Crippen LogP contribution in [0, 0.1) is 0 Å². The van der Waals surface area contributed by atoms with Crippen molar-refractivity contribution in [2.24, 2.45) is 0 Å². The van der Waals surface area contributed by atoms with Gasteiger partial charge in [0.15, 0.2) is 0 Å². The number of carbonyl (C=O) groups excluding carboxylic acids is 1. The summed E-state index contributed by atoms with van der Waals surface area (Å²) >= 11 is 0. The van der Waals surface area contributed by atoms with Crippen molar-refractivity contribution in [3.63, 3.8) is 0 Å². The molecule has 30 heavy (non-hydrogen) atoms. The summed E-state index contributed by atoms with van der Waals surface area (Å²) in [7, 11) is 0. The van der Waals surface area contributed by atoms with E-state index in [4.69, 9.17) is 4.74 Å². The largest absolute Gasteiger partial charge is 0.465 e. The second-order valence-electron chi connectivity index (χ2n) is 7.19. The smallest absolute Gasteiger partial charge is 0.323 e. The van der Waals surface area contributed by atoms with Gasteiger partial charge in [-0.1, -0.05) is 103 Å². The fraction of sp³-hybridized carbons (Fsp3) is 0.222. The molecule has 0 aliphatic heterocycles. The van der Waals surface area contributed by atoms with E-state index in [0.717, 1.165) is 11.1 Å². The van der Waals surface area contributed by atoms with Crippen LogP contribution in [0.2, 0.25) is 0 Å². The lowest BCUT2D eigenvalue weighted by atomic mass is 10.0. The zero-order valence-corrected chi connectivity index (χ0v) is 17.5. The minimum absolute atomic E-state index is 0.176. The predicted molar refractivity (Wildman–Crippen MR) is 123 cm³/mol. The van der Waals surface area contributed by atoms with Gasteiger partial charge in [-0.05, 0) is 30.0 Å². The van der Waals surface area contributed by atoms with Crippen LogP contribution in [0.4, 0.5) is 0 Å². The third-order valence-electron chi connectivity index (χ3n) is 4.95. The molecule has 0 aliphatic carbocycles. The third-order valence-corrected chi connectivity index (χ3v) is 4.95. The molecule has 154 valence electrons. The summed E-state index contributed by atoms with van der Waals surface area (Å²) in [6.07, 6.45) is 4.84. The van der Waals surface area contributed by atoms with Crippen molar-refractivity contribution in [3.8, 4) is 0 Å². The Hall–Kier alpha value is -3.17. The Morgan fingerprint density at radius 3 is 2.03 bits per heavy atom. The van der Waals surface area contributed by atoms with E-state index in [0.29, 0.717) is 26.1 Å². The first-order valence-corrected chi connectivity index (χ1v) is 10.5.